The van der Waals surface area contributed by atoms with Gasteiger partial charge in [-0.2, -0.15) is 0 Å². The third kappa shape index (κ3) is 1.87. The van der Waals surface area contributed by atoms with E-state index < -0.39 is 0 Å². The maximum absolute atomic E-state index is 13.3. The Kier molecular flexibility index (Phi) is 2.99. The molecule has 2 aromatic carbocycles. The molecule has 20 heavy (non-hydrogen) atoms. The average Bonchev–Trinajstić information content (AvgIpc) is 2.77. The fraction of sp³-hybridized carbons (Fsp3) is 0.0714. The standard InChI is InChI=1S/C14H11ClFN3O/c1-20-12-7-8(16)5-6-10(12)19-11-4-2-3-9(15)13(11)18-14(19)17/h2-7H,1H3,(H2,17,18). The number of halogens is 2. The van der Waals surface area contributed by atoms with E-state index in [0.717, 1.165) is 5.52 Å². The number of aromatic nitrogens is 2. The number of imidazole rings is 1. The van der Waals surface area contributed by atoms with Crippen molar-refractivity contribution in [2.24, 2.45) is 0 Å². The second-order valence-electron chi connectivity index (χ2n) is 4.23. The molecule has 102 valence electrons. The first-order valence-corrected chi connectivity index (χ1v) is 6.26. The molecule has 0 atom stereocenters. The minimum Gasteiger partial charge on any atom is -0.494 e. The first-order valence-electron chi connectivity index (χ1n) is 5.88. The van der Waals surface area contributed by atoms with E-state index in [9.17, 15) is 4.39 Å². The summed E-state index contributed by atoms with van der Waals surface area (Å²) in [4.78, 5) is 4.25. The monoisotopic (exact) mass is 291 g/mol. The molecule has 0 fully saturated rings. The Morgan fingerprint density at radius 1 is 1.30 bits per heavy atom. The van der Waals surface area contributed by atoms with Crippen molar-refractivity contribution in [1.29, 1.82) is 0 Å². The number of nitrogen functional groups attached to an aromatic ring is 1. The van der Waals surface area contributed by atoms with Crippen molar-refractivity contribution in [3.63, 3.8) is 0 Å². The van der Waals surface area contributed by atoms with Crippen LogP contribution >= 0.6 is 11.6 Å². The third-order valence-electron chi connectivity index (χ3n) is 3.04. The number of hydrogen-bond acceptors (Lipinski definition) is 3. The summed E-state index contributed by atoms with van der Waals surface area (Å²) < 4.78 is 20.2. The summed E-state index contributed by atoms with van der Waals surface area (Å²) in [5, 5.41) is 0.508. The normalized spacial score (nSPS) is 10.9. The highest BCUT2D eigenvalue weighted by molar-refractivity contribution is 6.35. The van der Waals surface area contributed by atoms with E-state index in [0.29, 0.717) is 22.0 Å². The van der Waals surface area contributed by atoms with Crippen LogP contribution in [0, 0.1) is 5.82 Å². The lowest BCUT2D eigenvalue weighted by Gasteiger charge is -2.11. The number of fused-ring (bicyclic) bond motifs is 1. The molecule has 0 radical (unpaired) electrons. The zero-order chi connectivity index (χ0) is 14.3. The first kappa shape index (κ1) is 12.7. The average molecular weight is 292 g/mol. The number of nitrogens with two attached hydrogens (primary N) is 1. The van der Waals surface area contributed by atoms with E-state index in [4.69, 9.17) is 22.1 Å². The van der Waals surface area contributed by atoms with E-state index in [1.807, 2.05) is 6.07 Å². The van der Waals surface area contributed by atoms with Crippen molar-refractivity contribution in [2.45, 2.75) is 0 Å². The fourth-order valence-corrected chi connectivity index (χ4v) is 2.38. The third-order valence-corrected chi connectivity index (χ3v) is 3.35. The van der Waals surface area contributed by atoms with Gasteiger partial charge in [-0.1, -0.05) is 17.7 Å². The molecule has 3 rings (SSSR count). The number of rotatable bonds is 2. The van der Waals surface area contributed by atoms with Gasteiger partial charge in [0, 0.05) is 6.07 Å². The minimum atomic E-state index is -0.383. The summed E-state index contributed by atoms with van der Waals surface area (Å²) in [7, 11) is 1.47. The Labute approximate surface area is 119 Å². The molecule has 4 nitrogen and oxygen atoms in total. The van der Waals surface area contributed by atoms with Gasteiger partial charge < -0.3 is 10.5 Å². The largest absolute Gasteiger partial charge is 0.494 e. The minimum absolute atomic E-state index is 0.262. The molecule has 1 heterocycles. The van der Waals surface area contributed by atoms with E-state index >= 15 is 0 Å². The lowest BCUT2D eigenvalue weighted by molar-refractivity contribution is 0.410. The molecule has 1 aromatic heterocycles. The van der Waals surface area contributed by atoms with Crippen LogP contribution in [-0.2, 0) is 0 Å². The number of methoxy groups -OCH3 is 1. The highest BCUT2D eigenvalue weighted by atomic mass is 35.5. The van der Waals surface area contributed by atoms with Crippen LogP contribution in [0.4, 0.5) is 10.3 Å². The molecule has 2 N–H and O–H groups in total. The van der Waals surface area contributed by atoms with Crippen LogP contribution in [0.25, 0.3) is 16.7 Å². The van der Waals surface area contributed by atoms with E-state index in [2.05, 4.69) is 4.98 Å². The van der Waals surface area contributed by atoms with E-state index in [1.165, 1.54) is 19.2 Å². The zero-order valence-corrected chi connectivity index (χ0v) is 11.4. The van der Waals surface area contributed by atoms with Crippen LogP contribution in [0.1, 0.15) is 0 Å². The highest BCUT2D eigenvalue weighted by Crippen LogP contribution is 2.32. The van der Waals surface area contributed by atoms with Crippen LogP contribution < -0.4 is 10.5 Å². The second kappa shape index (κ2) is 4.68. The lowest BCUT2D eigenvalue weighted by Crippen LogP contribution is -2.03. The van der Waals surface area contributed by atoms with Gasteiger partial charge in [0.15, 0.2) is 0 Å². The second-order valence-corrected chi connectivity index (χ2v) is 4.64. The van der Waals surface area contributed by atoms with Crippen LogP contribution in [0.2, 0.25) is 5.02 Å². The lowest BCUT2D eigenvalue weighted by atomic mass is 10.2. The predicted octanol–water partition coefficient (Wildman–Crippen LogP) is 3.41. The van der Waals surface area contributed by atoms with Gasteiger partial charge in [-0.25, -0.2) is 9.37 Å². The number of benzene rings is 2. The van der Waals surface area contributed by atoms with Gasteiger partial charge >= 0.3 is 0 Å². The summed E-state index contributed by atoms with van der Waals surface area (Å²) in [5.41, 5.74) is 7.90. The molecule has 0 aliphatic rings. The predicted molar refractivity (Wildman–Crippen MR) is 77.0 cm³/mol. The van der Waals surface area contributed by atoms with Gasteiger partial charge in [0.25, 0.3) is 0 Å². The van der Waals surface area contributed by atoms with Gasteiger partial charge in [-0.3, -0.25) is 4.57 Å². The molecule has 0 aliphatic carbocycles. The summed E-state index contributed by atoms with van der Waals surface area (Å²) in [6.45, 7) is 0. The fourth-order valence-electron chi connectivity index (χ4n) is 2.17. The van der Waals surface area contributed by atoms with Gasteiger partial charge in [0.1, 0.15) is 17.1 Å². The molecule has 0 amide bonds. The molecule has 0 saturated carbocycles. The van der Waals surface area contributed by atoms with Crippen molar-refractivity contribution in [3.8, 4) is 11.4 Å². The van der Waals surface area contributed by atoms with Crippen molar-refractivity contribution < 1.29 is 9.13 Å². The molecule has 6 heteroatoms. The number of anilines is 1. The number of hydrogen-bond donors (Lipinski definition) is 1. The van der Waals surface area contributed by atoms with Crippen molar-refractivity contribution in [1.82, 2.24) is 9.55 Å². The number of para-hydroxylation sites is 1. The zero-order valence-electron chi connectivity index (χ0n) is 10.6. The van der Waals surface area contributed by atoms with Crippen LogP contribution in [0.5, 0.6) is 5.75 Å². The summed E-state index contributed by atoms with van der Waals surface area (Å²) in [5.74, 6) is 0.251. The Bertz CT molecular complexity index is 800. The molecule has 3 aromatic rings. The quantitative estimate of drug-likeness (QED) is 0.787. The first-order chi connectivity index (χ1) is 9.61. The van der Waals surface area contributed by atoms with E-state index in [1.54, 1.807) is 22.8 Å². The number of nitrogens with zero attached hydrogens (tertiary/aromatic N) is 2. The molecule has 0 spiro atoms. The smallest absolute Gasteiger partial charge is 0.206 e. The Morgan fingerprint density at radius 2 is 2.10 bits per heavy atom. The van der Waals surface area contributed by atoms with Gasteiger partial charge in [-0.05, 0) is 24.3 Å². The molecule has 0 bridgehead atoms. The highest BCUT2D eigenvalue weighted by Gasteiger charge is 2.15. The van der Waals surface area contributed by atoms with Gasteiger partial charge in [0.2, 0.25) is 5.95 Å². The maximum Gasteiger partial charge on any atom is 0.206 e. The van der Waals surface area contributed by atoms with Crippen LogP contribution in [0.15, 0.2) is 36.4 Å². The maximum atomic E-state index is 13.3. The topological polar surface area (TPSA) is 53.1 Å². The Balaban J connectivity index is 2.35. The van der Waals surface area contributed by atoms with Crippen LogP contribution in [0.3, 0.4) is 0 Å². The Morgan fingerprint density at radius 3 is 2.85 bits per heavy atom. The number of ether oxygens (including phenoxy) is 1. The summed E-state index contributed by atoms with van der Waals surface area (Å²) in [6.07, 6.45) is 0. The summed E-state index contributed by atoms with van der Waals surface area (Å²) >= 11 is 6.11. The molecule has 0 unspecified atom stereocenters. The van der Waals surface area contributed by atoms with Crippen molar-refractivity contribution in [2.75, 3.05) is 12.8 Å². The summed E-state index contributed by atoms with van der Waals surface area (Å²) in [6, 6.07) is 9.61. The molecular formula is C14H11ClFN3O. The van der Waals surface area contributed by atoms with Crippen molar-refractivity contribution in [3.05, 3.63) is 47.2 Å². The molecule has 0 saturated heterocycles. The molecule has 0 aliphatic heterocycles. The Hall–Kier alpha value is -2.27. The van der Waals surface area contributed by atoms with Gasteiger partial charge in [0.05, 0.1) is 23.3 Å². The SMILES string of the molecule is COc1cc(F)ccc1-n1c(N)nc2c(Cl)cccc21. The van der Waals surface area contributed by atoms with E-state index in [-0.39, 0.29) is 11.8 Å². The van der Waals surface area contributed by atoms with Crippen LogP contribution in [-0.4, -0.2) is 16.7 Å². The van der Waals surface area contributed by atoms with Gasteiger partial charge in [-0.15, -0.1) is 0 Å². The molecular weight excluding hydrogens is 281 g/mol. The van der Waals surface area contributed by atoms with Crippen molar-refractivity contribution >= 4 is 28.6 Å².